The Morgan fingerprint density at radius 3 is 2.71 bits per heavy atom. The minimum atomic E-state index is -3.70. The second-order valence-corrected chi connectivity index (χ2v) is 5.69. The molecular formula is C10H6BrN3O2S. The molecule has 2 rings (SSSR count). The standard InChI is InChI=1S/C10H6BrN3O2S/c11-10-8(6-12)3-5-14(10)17(15,16)9-2-1-4-13-7-9/h1-5,7H. The molecule has 17 heavy (non-hydrogen) atoms. The topological polar surface area (TPSA) is 75.8 Å². The minimum absolute atomic E-state index is 0.0702. The first kappa shape index (κ1) is 11.8. The van der Waals surface area contributed by atoms with Crippen molar-refractivity contribution >= 4 is 26.0 Å². The molecule has 86 valence electrons. The summed E-state index contributed by atoms with van der Waals surface area (Å²) in [6.07, 6.45) is 4.07. The highest BCUT2D eigenvalue weighted by Gasteiger charge is 2.20. The zero-order valence-electron chi connectivity index (χ0n) is 8.41. The molecule has 0 unspecified atom stereocenters. The summed E-state index contributed by atoms with van der Waals surface area (Å²) in [5.74, 6) is 0. The fourth-order valence-electron chi connectivity index (χ4n) is 1.28. The van der Waals surface area contributed by atoms with Crippen LogP contribution in [0, 0.1) is 11.3 Å². The molecule has 2 aromatic rings. The molecule has 0 bridgehead atoms. The van der Waals surface area contributed by atoms with Gasteiger partial charge in [-0.2, -0.15) is 5.26 Å². The lowest BCUT2D eigenvalue weighted by atomic mass is 10.4. The fourth-order valence-corrected chi connectivity index (χ4v) is 3.39. The van der Waals surface area contributed by atoms with E-state index in [1.54, 1.807) is 0 Å². The maximum atomic E-state index is 12.2. The molecule has 2 heterocycles. The monoisotopic (exact) mass is 311 g/mol. The van der Waals surface area contributed by atoms with E-state index < -0.39 is 10.0 Å². The summed E-state index contributed by atoms with van der Waals surface area (Å²) in [7, 11) is -3.70. The van der Waals surface area contributed by atoms with Crippen molar-refractivity contribution in [3.8, 4) is 6.07 Å². The summed E-state index contributed by atoms with van der Waals surface area (Å²) in [6.45, 7) is 0. The highest BCUT2D eigenvalue weighted by molar-refractivity contribution is 9.10. The molecular weight excluding hydrogens is 306 g/mol. The Bertz CT molecular complexity index is 686. The van der Waals surface area contributed by atoms with Crippen LogP contribution >= 0.6 is 15.9 Å². The molecule has 0 aliphatic rings. The zero-order chi connectivity index (χ0) is 12.5. The Kier molecular flexibility index (Phi) is 3.00. The molecule has 0 aliphatic heterocycles. The molecule has 0 saturated carbocycles. The van der Waals surface area contributed by atoms with Gasteiger partial charge in [-0.25, -0.2) is 12.4 Å². The SMILES string of the molecule is N#Cc1ccn(S(=O)(=O)c2cccnc2)c1Br. The Hall–Kier alpha value is -1.65. The van der Waals surface area contributed by atoms with Crippen LogP contribution in [0.2, 0.25) is 0 Å². The third kappa shape index (κ3) is 1.97. The van der Waals surface area contributed by atoms with Gasteiger partial charge in [0, 0.05) is 18.6 Å². The van der Waals surface area contributed by atoms with Gasteiger partial charge in [-0.1, -0.05) is 0 Å². The third-order valence-corrected chi connectivity index (χ3v) is 4.81. The zero-order valence-corrected chi connectivity index (χ0v) is 10.8. The van der Waals surface area contributed by atoms with Gasteiger partial charge in [0.2, 0.25) is 0 Å². The predicted octanol–water partition coefficient (Wildman–Crippen LogP) is 1.75. The summed E-state index contributed by atoms with van der Waals surface area (Å²) in [4.78, 5) is 3.83. The van der Waals surface area contributed by atoms with Crippen molar-refractivity contribution in [2.75, 3.05) is 0 Å². The van der Waals surface area contributed by atoms with Crippen molar-refractivity contribution < 1.29 is 8.42 Å². The van der Waals surface area contributed by atoms with Gasteiger partial charge in [0.05, 0.1) is 5.56 Å². The quantitative estimate of drug-likeness (QED) is 0.846. The molecule has 0 spiro atoms. The Labute approximate surface area is 107 Å². The van der Waals surface area contributed by atoms with E-state index in [2.05, 4.69) is 20.9 Å². The molecule has 0 N–H and O–H groups in total. The maximum absolute atomic E-state index is 12.2. The van der Waals surface area contributed by atoms with Crippen LogP contribution in [0.1, 0.15) is 5.56 Å². The fraction of sp³-hybridized carbons (Fsp3) is 0. The first-order chi connectivity index (χ1) is 8.07. The van der Waals surface area contributed by atoms with Crippen LogP contribution < -0.4 is 0 Å². The molecule has 0 fully saturated rings. The average Bonchev–Trinajstić information content (AvgIpc) is 2.72. The second kappa shape index (κ2) is 4.31. The van der Waals surface area contributed by atoms with Crippen LogP contribution in [0.3, 0.4) is 0 Å². The summed E-state index contributed by atoms with van der Waals surface area (Å²) in [5, 5.41) is 8.77. The van der Waals surface area contributed by atoms with E-state index in [4.69, 9.17) is 5.26 Å². The molecule has 0 atom stereocenters. The summed E-state index contributed by atoms with van der Waals surface area (Å²) < 4.78 is 25.5. The van der Waals surface area contributed by atoms with Crippen LogP contribution in [0.5, 0.6) is 0 Å². The van der Waals surface area contributed by atoms with Crippen LogP contribution in [-0.2, 0) is 10.0 Å². The molecule has 0 radical (unpaired) electrons. The van der Waals surface area contributed by atoms with Crippen LogP contribution in [0.25, 0.3) is 0 Å². The number of hydrogen-bond donors (Lipinski definition) is 0. The van der Waals surface area contributed by atoms with Crippen molar-refractivity contribution in [1.82, 2.24) is 8.96 Å². The van der Waals surface area contributed by atoms with Gasteiger partial charge in [0.15, 0.2) is 0 Å². The molecule has 0 amide bonds. The van der Waals surface area contributed by atoms with Crippen LogP contribution in [0.15, 0.2) is 46.3 Å². The van der Waals surface area contributed by atoms with E-state index in [0.717, 1.165) is 3.97 Å². The van der Waals surface area contributed by atoms with Gasteiger partial charge in [-0.3, -0.25) is 4.98 Å². The summed E-state index contributed by atoms with van der Waals surface area (Å²) in [5.41, 5.74) is 0.262. The molecule has 5 nitrogen and oxygen atoms in total. The van der Waals surface area contributed by atoms with Gasteiger partial charge in [-0.15, -0.1) is 0 Å². The van der Waals surface area contributed by atoms with E-state index in [9.17, 15) is 8.42 Å². The highest BCUT2D eigenvalue weighted by atomic mass is 79.9. The molecule has 0 saturated heterocycles. The Morgan fingerprint density at radius 1 is 1.41 bits per heavy atom. The van der Waals surface area contributed by atoms with Gasteiger partial charge >= 0.3 is 0 Å². The Balaban J connectivity index is 2.62. The number of rotatable bonds is 2. The maximum Gasteiger partial charge on any atom is 0.270 e. The highest BCUT2D eigenvalue weighted by Crippen LogP contribution is 2.23. The van der Waals surface area contributed by atoms with Crippen molar-refractivity contribution in [2.24, 2.45) is 0 Å². The first-order valence-electron chi connectivity index (χ1n) is 4.50. The van der Waals surface area contributed by atoms with E-state index >= 15 is 0 Å². The van der Waals surface area contributed by atoms with Crippen molar-refractivity contribution in [3.63, 3.8) is 0 Å². The van der Waals surface area contributed by atoms with Gasteiger partial charge < -0.3 is 0 Å². The third-order valence-electron chi connectivity index (χ3n) is 2.10. The van der Waals surface area contributed by atoms with Gasteiger partial charge in [0.25, 0.3) is 10.0 Å². The molecule has 0 aromatic carbocycles. The number of nitriles is 1. The lowest BCUT2D eigenvalue weighted by Crippen LogP contribution is -2.12. The predicted molar refractivity (Wildman–Crippen MR) is 63.7 cm³/mol. The summed E-state index contributed by atoms with van der Waals surface area (Å²) in [6, 6.07) is 6.30. The van der Waals surface area contributed by atoms with Crippen molar-refractivity contribution in [1.29, 1.82) is 5.26 Å². The first-order valence-corrected chi connectivity index (χ1v) is 6.73. The van der Waals surface area contributed by atoms with E-state index in [1.807, 2.05) is 6.07 Å². The minimum Gasteiger partial charge on any atom is -0.263 e. The number of hydrogen-bond acceptors (Lipinski definition) is 4. The van der Waals surface area contributed by atoms with Gasteiger partial charge in [-0.05, 0) is 34.1 Å². The molecule has 2 aromatic heterocycles. The van der Waals surface area contributed by atoms with Gasteiger partial charge in [0.1, 0.15) is 15.6 Å². The summed E-state index contributed by atoms with van der Waals surface area (Å²) >= 11 is 3.09. The smallest absolute Gasteiger partial charge is 0.263 e. The molecule has 0 aliphatic carbocycles. The molecule has 7 heteroatoms. The van der Waals surface area contributed by atoms with Crippen molar-refractivity contribution in [3.05, 3.63) is 47.0 Å². The number of pyridine rings is 1. The average molecular weight is 312 g/mol. The lowest BCUT2D eigenvalue weighted by molar-refractivity contribution is 0.586. The van der Waals surface area contributed by atoms with Crippen molar-refractivity contribution in [2.45, 2.75) is 4.90 Å². The van der Waals surface area contributed by atoms with Crippen LogP contribution in [0.4, 0.5) is 0 Å². The lowest BCUT2D eigenvalue weighted by Gasteiger charge is -2.06. The number of halogens is 1. The Morgan fingerprint density at radius 2 is 2.18 bits per heavy atom. The number of nitrogens with zero attached hydrogens (tertiary/aromatic N) is 3. The normalized spacial score (nSPS) is 11.1. The van der Waals surface area contributed by atoms with E-state index in [0.29, 0.717) is 0 Å². The number of aromatic nitrogens is 2. The second-order valence-electron chi connectivity index (χ2n) is 3.12. The van der Waals surface area contributed by atoms with Crippen LogP contribution in [-0.4, -0.2) is 17.4 Å². The van der Waals surface area contributed by atoms with E-state index in [-0.39, 0.29) is 15.1 Å². The van der Waals surface area contributed by atoms with E-state index in [1.165, 1.54) is 36.8 Å². The largest absolute Gasteiger partial charge is 0.270 e.